The van der Waals surface area contributed by atoms with E-state index in [2.05, 4.69) is 4.98 Å². The van der Waals surface area contributed by atoms with Crippen molar-refractivity contribution in [3.63, 3.8) is 0 Å². The Morgan fingerprint density at radius 3 is 2.47 bits per heavy atom. The number of hydrogen-bond donors (Lipinski definition) is 0. The molecule has 0 aliphatic rings. The Labute approximate surface area is 220 Å². The molecule has 36 heavy (non-hydrogen) atoms. The largest absolute Gasteiger partial charge is 0.337 e. The van der Waals surface area contributed by atoms with Crippen LogP contribution in [0.3, 0.4) is 0 Å². The molecule has 1 heterocycles. The number of rotatable bonds is 9. The summed E-state index contributed by atoms with van der Waals surface area (Å²) in [6, 6.07) is 15.0. The Morgan fingerprint density at radius 1 is 1.06 bits per heavy atom. The number of benzene rings is 3. The van der Waals surface area contributed by atoms with Gasteiger partial charge in [0.25, 0.3) is 10.0 Å². The molecule has 1 atom stereocenters. The van der Waals surface area contributed by atoms with Crippen molar-refractivity contribution < 1.29 is 17.2 Å². The molecule has 190 valence electrons. The normalized spacial score (nSPS) is 12.1. The Hall–Kier alpha value is -2.94. The zero-order valence-corrected chi connectivity index (χ0v) is 21.8. The first-order valence-electron chi connectivity index (χ1n) is 11.1. The van der Waals surface area contributed by atoms with E-state index in [1.165, 1.54) is 24.3 Å². The lowest BCUT2D eigenvalue weighted by molar-refractivity contribution is 0.569. The summed E-state index contributed by atoms with van der Waals surface area (Å²) in [5.41, 5.74) is 1.27. The first-order chi connectivity index (χ1) is 16.8. The number of aryl methyl sites for hydroxylation is 2. The Kier molecular flexibility index (Phi) is 9.11. The van der Waals surface area contributed by atoms with E-state index in [4.69, 9.17) is 11.6 Å². The molecule has 0 fully saturated rings. The van der Waals surface area contributed by atoms with E-state index in [-0.39, 0.29) is 23.0 Å². The number of hydrogen-bond acceptors (Lipinski definition) is 3. The number of aromatic nitrogens is 2. The van der Waals surface area contributed by atoms with Gasteiger partial charge in [0.05, 0.1) is 23.0 Å². The molecule has 4 rings (SSSR count). The lowest BCUT2D eigenvalue weighted by atomic mass is 9.97. The first kappa shape index (κ1) is 27.6. The van der Waals surface area contributed by atoms with E-state index in [1.54, 1.807) is 25.5 Å². The van der Waals surface area contributed by atoms with E-state index in [1.807, 2.05) is 29.0 Å². The summed E-state index contributed by atoms with van der Waals surface area (Å²) < 4.78 is 59.6. The minimum atomic E-state index is -4.27. The second-order valence-electron chi connectivity index (χ2n) is 8.13. The van der Waals surface area contributed by atoms with Crippen molar-refractivity contribution in [1.82, 2.24) is 9.55 Å². The minimum Gasteiger partial charge on any atom is -0.337 e. The second kappa shape index (κ2) is 11.9. The van der Waals surface area contributed by atoms with E-state index in [0.717, 1.165) is 41.0 Å². The maximum atomic E-state index is 15.0. The molecule has 0 unspecified atom stereocenters. The van der Waals surface area contributed by atoms with Crippen LogP contribution in [0.4, 0.5) is 14.5 Å². The van der Waals surface area contributed by atoms with Gasteiger partial charge < -0.3 is 4.57 Å². The van der Waals surface area contributed by atoms with Crippen molar-refractivity contribution >= 4 is 39.7 Å². The van der Waals surface area contributed by atoms with Crippen molar-refractivity contribution in [3.05, 3.63) is 113 Å². The number of nitrogens with zero attached hydrogens (tertiary/aromatic N) is 3. The molecular formula is C26H25Cl2F2N3O2S. The lowest BCUT2D eigenvalue weighted by Crippen LogP contribution is -2.35. The van der Waals surface area contributed by atoms with Crippen LogP contribution in [0.15, 0.2) is 90.3 Å². The molecular weight excluding hydrogens is 527 g/mol. The zero-order valence-electron chi connectivity index (χ0n) is 19.4. The molecule has 0 bridgehead atoms. The predicted molar refractivity (Wildman–Crippen MR) is 140 cm³/mol. The fraction of sp³-hybridized carbons (Fsp3) is 0.192. The molecule has 10 heteroatoms. The molecule has 0 spiro atoms. The average molecular weight is 552 g/mol. The second-order valence-corrected chi connectivity index (χ2v) is 10.4. The molecule has 0 aliphatic carbocycles. The van der Waals surface area contributed by atoms with Gasteiger partial charge in [-0.15, -0.1) is 12.4 Å². The van der Waals surface area contributed by atoms with Gasteiger partial charge >= 0.3 is 0 Å². The van der Waals surface area contributed by atoms with Gasteiger partial charge in [-0.05, 0) is 67.3 Å². The monoisotopic (exact) mass is 551 g/mol. The van der Waals surface area contributed by atoms with Crippen LogP contribution in [0.5, 0.6) is 0 Å². The summed E-state index contributed by atoms with van der Waals surface area (Å²) in [5, 5.41) is 0.365. The molecule has 4 aromatic rings. The zero-order chi connectivity index (χ0) is 25.0. The third-order valence-corrected chi connectivity index (χ3v) is 7.95. The van der Waals surface area contributed by atoms with Gasteiger partial charge in [0.1, 0.15) is 11.6 Å². The highest BCUT2D eigenvalue weighted by molar-refractivity contribution is 7.92. The van der Waals surface area contributed by atoms with E-state index in [0.29, 0.717) is 17.0 Å². The Balaban J connectivity index is 0.00000361. The minimum absolute atomic E-state index is 0. The first-order valence-corrected chi connectivity index (χ1v) is 12.9. The third-order valence-electron chi connectivity index (χ3n) is 5.79. The fourth-order valence-corrected chi connectivity index (χ4v) is 5.85. The topological polar surface area (TPSA) is 55.2 Å². The van der Waals surface area contributed by atoms with Crippen LogP contribution in [0, 0.1) is 11.6 Å². The number of imidazole rings is 1. The summed E-state index contributed by atoms with van der Waals surface area (Å²) in [6.45, 7) is 2.42. The Bertz CT molecular complexity index is 1400. The lowest BCUT2D eigenvalue weighted by Gasteiger charge is -2.32. The maximum Gasteiger partial charge on any atom is 0.264 e. The van der Waals surface area contributed by atoms with Crippen LogP contribution < -0.4 is 4.31 Å². The van der Waals surface area contributed by atoms with Crippen LogP contribution in [-0.4, -0.2) is 18.0 Å². The highest BCUT2D eigenvalue weighted by atomic mass is 35.5. The molecule has 0 aliphatic heterocycles. The van der Waals surface area contributed by atoms with Gasteiger partial charge in [-0.3, -0.25) is 4.31 Å². The van der Waals surface area contributed by atoms with Crippen LogP contribution in [-0.2, 0) is 23.0 Å². The summed E-state index contributed by atoms with van der Waals surface area (Å²) in [7, 11) is -4.27. The van der Waals surface area contributed by atoms with Crippen molar-refractivity contribution in [1.29, 1.82) is 0 Å². The highest BCUT2D eigenvalue weighted by Crippen LogP contribution is 2.37. The van der Waals surface area contributed by atoms with E-state index >= 15 is 0 Å². The average Bonchev–Trinajstić information content (AvgIpc) is 3.35. The molecule has 0 saturated heterocycles. The van der Waals surface area contributed by atoms with Crippen molar-refractivity contribution in [2.75, 3.05) is 4.31 Å². The SMILES string of the molecule is C[C@H](c1ccccc1CCCn1ccnc1)N(c1cc(F)ccc1F)S(=O)(=O)c1ccc(Cl)cc1.Cl. The van der Waals surface area contributed by atoms with Crippen LogP contribution in [0.1, 0.15) is 30.5 Å². The Morgan fingerprint density at radius 2 is 1.78 bits per heavy atom. The van der Waals surface area contributed by atoms with E-state index < -0.39 is 27.7 Å². The standard InChI is InChI=1S/C26H24ClF2N3O2S.ClH/c1-19(24-7-3-2-5-20(24)6-4-15-31-16-14-30-18-31)32(26-17-22(28)10-13-25(26)29)35(33,34)23-11-8-21(27)9-12-23;/h2-3,5,7-14,16-19H,4,6,15H2,1H3;1H/t19-;/m1./s1. The van der Waals surface area contributed by atoms with Gasteiger partial charge in [-0.1, -0.05) is 35.9 Å². The highest BCUT2D eigenvalue weighted by Gasteiger charge is 2.33. The maximum absolute atomic E-state index is 15.0. The summed E-state index contributed by atoms with van der Waals surface area (Å²) in [5.74, 6) is -1.58. The van der Waals surface area contributed by atoms with Crippen molar-refractivity contribution in [2.45, 2.75) is 37.2 Å². The fourth-order valence-electron chi connectivity index (χ4n) is 4.09. The van der Waals surface area contributed by atoms with Crippen LogP contribution >= 0.6 is 24.0 Å². The smallest absolute Gasteiger partial charge is 0.264 e. The van der Waals surface area contributed by atoms with Crippen molar-refractivity contribution in [3.8, 4) is 0 Å². The molecule has 0 amide bonds. The molecule has 0 radical (unpaired) electrons. The third kappa shape index (κ3) is 6.06. The quantitative estimate of drug-likeness (QED) is 0.229. The predicted octanol–water partition coefficient (Wildman–Crippen LogP) is 6.83. The summed E-state index contributed by atoms with van der Waals surface area (Å²) in [4.78, 5) is 3.97. The number of sulfonamides is 1. The molecule has 3 aromatic carbocycles. The molecule has 5 nitrogen and oxygen atoms in total. The van der Waals surface area contributed by atoms with Gasteiger partial charge in [-0.25, -0.2) is 22.2 Å². The summed E-state index contributed by atoms with van der Waals surface area (Å²) in [6.07, 6.45) is 6.78. The number of halogens is 4. The van der Waals surface area contributed by atoms with Crippen LogP contribution in [0.25, 0.3) is 0 Å². The van der Waals surface area contributed by atoms with Gasteiger partial charge in [-0.2, -0.15) is 0 Å². The van der Waals surface area contributed by atoms with Crippen molar-refractivity contribution in [2.24, 2.45) is 0 Å². The van der Waals surface area contributed by atoms with E-state index in [9.17, 15) is 17.2 Å². The molecule has 0 N–H and O–H groups in total. The van der Waals surface area contributed by atoms with Gasteiger partial charge in [0.15, 0.2) is 0 Å². The van der Waals surface area contributed by atoms with Gasteiger partial charge in [0, 0.05) is 30.0 Å². The van der Waals surface area contributed by atoms with Crippen LogP contribution in [0.2, 0.25) is 5.02 Å². The number of anilines is 1. The molecule has 0 saturated carbocycles. The summed E-state index contributed by atoms with van der Waals surface area (Å²) >= 11 is 5.95. The van der Waals surface area contributed by atoms with Gasteiger partial charge in [0.2, 0.25) is 0 Å². The molecule has 1 aromatic heterocycles.